The summed E-state index contributed by atoms with van der Waals surface area (Å²) >= 11 is 0. The Labute approximate surface area is 237 Å². The molecule has 0 saturated carbocycles. The summed E-state index contributed by atoms with van der Waals surface area (Å²) in [4.78, 5) is 36.6. The summed E-state index contributed by atoms with van der Waals surface area (Å²) in [5.74, 6) is -0.313. The smallest absolute Gasteiger partial charge is 0.335 e. The van der Waals surface area contributed by atoms with Crippen molar-refractivity contribution in [2.45, 2.75) is 32.4 Å². The number of carbonyl (C=O) groups is 2. The molecule has 0 spiro atoms. The van der Waals surface area contributed by atoms with Gasteiger partial charge in [0.15, 0.2) is 5.88 Å². The van der Waals surface area contributed by atoms with E-state index in [2.05, 4.69) is 9.88 Å². The lowest BCUT2D eigenvalue weighted by Crippen LogP contribution is -2.40. The maximum Gasteiger partial charge on any atom is 0.335 e. The van der Waals surface area contributed by atoms with Crippen molar-refractivity contribution in [3.8, 4) is 11.6 Å². The summed E-state index contributed by atoms with van der Waals surface area (Å²) in [5.41, 5.74) is 5.22. The molecule has 3 aromatic carbocycles. The summed E-state index contributed by atoms with van der Waals surface area (Å²) < 4.78 is 5.33. The molecule has 6 rings (SSSR count). The van der Waals surface area contributed by atoms with E-state index in [0.29, 0.717) is 53.2 Å². The number of aromatic carboxylic acids is 1. The van der Waals surface area contributed by atoms with Gasteiger partial charge in [-0.25, -0.2) is 9.79 Å². The van der Waals surface area contributed by atoms with Crippen LogP contribution in [0.1, 0.15) is 51.9 Å². The third-order valence-electron chi connectivity index (χ3n) is 7.94. The van der Waals surface area contributed by atoms with Gasteiger partial charge in [0.1, 0.15) is 5.75 Å². The van der Waals surface area contributed by atoms with Gasteiger partial charge in [0.25, 0.3) is 0 Å². The van der Waals surface area contributed by atoms with E-state index >= 15 is 0 Å². The monoisotopic (exact) mass is 552 g/mol. The van der Waals surface area contributed by atoms with Crippen LogP contribution in [-0.4, -0.2) is 69.3 Å². The lowest BCUT2D eigenvalue weighted by molar-refractivity contribution is -0.133. The molecule has 3 heterocycles. The number of aromatic hydroxyl groups is 1. The molecule has 210 valence electrons. The number of nitrogens with one attached hydrogen (secondary N) is 1. The second kappa shape index (κ2) is 11.1. The summed E-state index contributed by atoms with van der Waals surface area (Å²) in [5, 5.41) is 21.1. The third kappa shape index (κ3) is 5.40. The van der Waals surface area contributed by atoms with Crippen LogP contribution in [0.4, 0.5) is 5.69 Å². The number of carboxylic acid groups (broad SMARTS) is 1. The maximum absolute atomic E-state index is 13.0. The zero-order valence-electron chi connectivity index (χ0n) is 22.9. The van der Waals surface area contributed by atoms with Gasteiger partial charge in [0.05, 0.1) is 36.2 Å². The highest BCUT2D eigenvalue weighted by atomic mass is 16.5. The number of amides is 1. The van der Waals surface area contributed by atoms with Crippen molar-refractivity contribution in [1.29, 1.82) is 0 Å². The molecule has 41 heavy (non-hydrogen) atoms. The van der Waals surface area contributed by atoms with E-state index in [9.17, 15) is 19.8 Å². The molecule has 0 unspecified atom stereocenters. The number of aromatic nitrogens is 1. The number of piperidine rings is 1. The zero-order valence-corrected chi connectivity index (χ0v) is 22.9. The van der Waals surface area contributed by atoms with Crippen LogP contribution in [0.5, 0.6) is 11.6 Å². The van der Waals surface area contributed by atoms with E-state index in [1.165, 1.54) is 18.6 Å². The number of H-pyrrole nitrogens is 1. The maximum atomic E-state index is 13.0. The van der Waals surface area contributed by atoms with Crippen LogP contribution in [0.3, 0.4) is 0 Å². The number of benzene rings is 3. The SMILES string of the molecule is COc1ccc(C(=Nc2ccc3c(c2)CN(C(=O)CN2CCCCC2)C3)c2c(O)[nH]c3cc(C(=O)O)ccc23)cc1. The number of hydrogen-bond acceptors (Lipinski definition) is 6. The number of fused-ring (bicyclic) bond motifs is 2. The van der Waals surface area contributed by atoms with Crippen molar-refractivity contribution in [3.63, 3.8) is 0 Å². The lowest BCUT2D eigenvalue weighted by atomic mass is 9.99. The average Bonchev–Trinajstić information content (AvgIpc) is 3.56. The number of aromatic amines is 1. The highest BCUT2D eigenvalue weighted by molar-refractivity contribution is 6.22. The summed E-state index contributed by atoms with van der Waals surface area (Å²) in [6, 6.07) is 18.0. The quantitative estimate of drug-likeness (QED) is 0.275. The largest absolute Gasteiger partial charge is 0.497 e. The van der Waals surface area contributed by atoms with Crippen LogP contribution in [0.15, 0.2) is 65.7 Å². The van der Waals surface area contributed by atoms with E-state index in [1.807, 2.05) is 47.4 Å². The first-order valence-corrected chi connectivity index (χ1v) is 13.8. The number of methoxy groups -OCH3 is 1. The normalized spacial score (nSPS) is 15.7. The number of rotatable bonds is 7. The Morgan fingerprint density at radius 3 is 2.39 bits per heavy atom. The van der Waals surface area contributed by atoms with Gasteiger partial charge in [-0.05, 0) is 85.6 Å². The first-order chi connectivity index (χ1) is 19.9. The molecule has 1 fully saturated rings. The van der Waals surface area contributed by atoms with Crippen molar-refractivity contribution in [3.05, 3.63) is 88.5 Å². The van der Waals surface area contributed by atoms with Crippen molar-refractivity contribution < 1.29 is 24.5 Å². The van der Waals surface area contributed by atoms with Crippen molar-refractivity contribution in [1.82, 2.24) is 14.8 Å². The summed E-state index contributed by atoms with van der Waals surface area (Å²) in [6.45, 7) is 3.56. The van der Waals surface area contributed by atoms with Gasteiger partial charge < -0.3 is 24.8 Å². The Morgan fingerprint density at radius 2 is 1.66 bits per heavy atom. The fourth-order valence-electron chi connectivity index (χ4n) is 5.73. The lowest BCUT2D eigenvalue weighted by Gasteiger charge is -2.27. The molecule has 1 saturated heterocycles. The molecule has 2 aliphatic rings. The minimum Gasteiger partial charge on any atom is -0.497 e. The summed E-state index contributed by atoms with van der Waals surface area (Å²) in [6.07, 6.45) is 3.54. The van der Waals surface area contributed by atoms with Crippen molar-refractivity contribution in [2.75, 3.05) is 26.7 Å². The van der Waals surface area contributed by atoms with Crippen LogP contribution in [-0.2, 0) is 17.9 Å². The predicted molar refractivity (Wildman–Crippen MR) is 156 cm³/mol. The van der Waals surface area contributed by atoms with Crippen LogP contribution in [0, 0.1) is 0 Å². The van der Waals surface area contributed by atoms with E-state index in [-0.39, 0.29) is 17.4 Å². The molecule has 0 atom stereocenters. The molecular formula is C32H32N4O5. The summed E-state index contributed by atoms with van der Waals surface area (Å²) in [7, 11) is 1.60. The molecule has 1 aromatic heterocycles. The fourth-order valence-corrected chi connectivity index (χ4v) is 5.73. The zero-order chi connectivity index (χ0) is 28.5. The molecule has 0 radical (unpaired) electrons. The van der Waals surface area contributed by atoms with Gasteiger partial charge in [0.2, 0.25) is 5.91 Å². The molecule has 1 amide bonds. The number of carbonyl (C=O) groups excluding carboxylic acids is 1. The second-order valence-electron chi connectivity index (χ2n) is 10.6. The highest BCUT2D eigenvalue weighted by Gasteiger charge is 2.26. The van der Waals surface area contributed by atoms with Gasteiger partial charge in [0, 0.05) is 29.6 Å². The van der Waals surface area contributed by atoms with Gasteiger partial charge in [-0.1, -0.05) is 18.6 Å². The molecule has 9 nitrogen and oxygen atoms in total. The van der Waals surface area contributed by atoms with Gasteiger partial charge >= 0.3 is 5.97 Å². The van der Waals surface area contributed by atoms with Crippen molar-refractivity contribution in [2.24, 2.45) is 4.99 Å². The molecule has 2 aliphatic heterocycles. The Bertz CT molecular complexity index is 1650. The minimum absolute atomic E-state index is 0.104. The van der Waals surface area contributed by atoms with E-state index in [0.717, 1.165) is 42.6 Å². The van der Waals surface area contributed by atoms with Crippen LogP contribution >= 0.6 is 0 Å². The Morgan fingerprint density at radius 1 is 0.927 bits per heavy atom. The number of likely N-dealkylation sites (tertiary alicyclic amines) is 1. The Kier molecular flexibility index (Phi) is 7.19. The van der Waals surface area contributed by atoms with Crippen LogP contribution in [0.25, 0.3) is 10.9 Å². The van der Waals surface area contributed by atoms with E-state index in [1.54, 1.807) is 13.2 Å². The molecule has 9 heteroatoms. The first kappa shape index (κ1) is 26.6. The third-order valence-corrected chi connectivity index (χ3v) is 7.94. The standard InChI is InChI=1S/C32H32N4O5/c1-41-25-10-6-20(7-11-25)30(29-26-12-8-21(32(39)40)16-27(26)34-31(29)38)33-24-9-5-22-17-36(18-23(22)15-24)28(37)19-35-13-3-2-4-14-35/h5-12,15-16,34,38H,2-4,13-14,17-19H2,1H3,(H,39,40). The topological polar surface area (TPSA) is 118 Å². The van der Waals surface area contributed by atoms with Gasteiger partial charge in [-0.3, -0.25) is 9.69 Å². The molecule has 0 aliphatic carbocycles. The number of ether oxygens (including phenoxy) is 1. The number of carboxylic acids is 1. The second-order valence-corrected chi connectivity index (χ2v) is 10.6. The van der Waals surface area contributed by atoms with Crippen molar-refractivity contribution >= 4 is 34.2 Å². The molecular weight excluding hydrogens is 520 g/mol. The Balaban J connectivity index is 1.35. The highest BCUT2D eigenvalue weighted by Crippen LogP contribution is 2.34. The van der Waals surface area contributed by atoms with Gasteiger partial charge in [-0.15, -0.1) is 0 Å². The van der Waals surface area contributed by atoms with E-state index in [4.69, 9.17) is 9.73 Å². The van der Waals surface area contributed by atoms with Gasteiger partial charge in [-0.2, -0.15) is 0 Å². The molecule has 4 aromatic rings. The predicted octanol–water partition coefficient (Wildman–Crippen LogP) is 5.08. The molecule has 3 N–H and O–H groups in total. The van der Waals surface area contributed by atoms with E-state index < -0.39 is 5.97 Å². The molecule has 0 bridgehead atoms. The Hall–Kier alpha value is -4.63. The number of aliphatic imine (C=N–C) groups is 1. The number of hydrogen-bond donors (Lipinski definition) is 3. The van der Waals surface area contributed by atoms with Crippen LogP contribution < -0.4 is 4.74 Å². The first-order valence-electron chi connectivity index (χ1n) is 13.8. The number of nitrogens with zero attached hydrogens (tertiary/aromatic N) is 3. The fraction of sp³-hybridized carbons (Fsp3) is 0.281. The van der Waals surface area contributed by atoms with Crippen LogP contribution in [0.2, 0.25) is 0 Å². The minimum atomic E-state index is -1.05. The average molecular weight is 553 g/mol.